The maximum atomic E-state index is 6.49. The van der Waals surface area contributed by atoms with Gasteiger partial charge in [0.15, 0.2) is 11.5 Å². The summed E-state index contributed by atoms with van der Waals surface area (Å²) >= 11 is 0. The molecule has 4 heteroatoms. The Morgan fingerprint density at radius 3 is 1.46 bits per heavy atom. The minimum absolute atomic E-state index is 0. The molecule has 37 heavy (non-hydrogen) atoms. The van der Waals surface area contributed by atoms with Crippen molar-refractivity contribution in [3.05, 3.63) is 151 Å². The van der Waals surface area contributed by atoms with Gasteiger partial charge >= 0.3 is 0 Å². The summed E-state index contributed by atoms with van der Waals surface area (Å²) in [6.45, 7) is 0.488. The number of hydrogen-bond donors (Lipinski definition) is 0. The maximum absolute atomic E-state index is 6.49. The molecule has 0 heterocycles. The molecule has 0 spiro atoms. The third-order valence-electron chi connectivity index (χ3n) is 6.50. The number of rotatable bonds is 9. The first-order valence-electron chi connectivity index (χ1n) is 12.2. The quantitative estimate of drug-likeness (QED) is 0.252. The summed E-state index contributed by atoms with van der Waals surface area (Å²) in [7, 11) is -0.353. The van der Waals surface area contributed by atoms with Gasteiger partial charge in [-0.25, -0.2) is 0 Å². The van der Waals surface area contributed by atoms with Crippen LogP contribution in [0.5, 0.6) is 11.5 Å². The molecule has 0 radical (unpaired) electrons. The molecular weight excluding hydrogens is 539 g/mol. The molecule has 0 bridgehead atoms. The molecule has 2 nitrogen and oxygen atoms in total. The van der Waals surface area contributed by atoms with Gasteiger partial charge in [-0.05, 0) is 48.0 Å². The van der Waals surface area contributed by atoms with E-state index in [4.69, 9.17) is 9.47 Å². The van der Waals surface area contributed by atoms with E-state index in [-0.39, 0.29) is 17.0 Å². The fourth-order valence-electron chi connectivity index (χ4n) is 4.76. The standard InChI is InChI=1S/C33H30O2P.BrH/c1-34-32-24-14-17-28(33(32)35-25-27-15-6-2-7-16-27)26-36(29-18-8-3-9-19-29,30-20-10-4-11-21-30)31-22-12-5-13-23-31;/h2-24H,25-26H2,1H3;1H/q+1;/p-1. The van der Waals surface area contributed by atoms with E-state index < -0.39 is 7.26 Å². The molecule has 0 aliphatic rings. The number of ether oxygens (including phenoxy) is 2. The monoisotopic (exact) mass is 568 g/mol. The number of para-hydroxylation sites is 1. The van der Waals surface area contributed by atoms with Gasteiger partial charge < -0.3 is 26.5 Å². The van der Waals surface area contributed by atoms with E-state index in [1.54, 1.807) is 7.11 Å². The van der Waals surface area contributed by atoms with Crippen LogP contribution in [0.1, 0.15) is 11.1 Å². The van der Waals surface area contributed by atoms with Gasteiger partial charge in [0.25, 0.3) is 0 Å². The first-order chi connectivity index (χ1) is 17.8. The molecule has 0 aliphatic heterocycles. The molecule has 5 rings (SSSR count). The second kappa shape index (κ2) is 12.7. The van der Waals surface area contributed by atoms with Crippen molar-refractivity contribution >= 4 is 23.2 Å². The molecule has 0 fully saturated rings. The van der Waals surface area contributed by atoms with Gasteiger partial charge in [-0.15, -0.1) is 0 Å². The lowest BCUT2D eigenvalue weighted by molar-refractivity contribution is -0.00000754. The third-order valence-corrected chi connectivity index (χ3v) is 10.9. The molecule has 186 valence electrons. The van der Waals surface area contributed by atoms with E-state index in [2.05, 4.69) is 115 Å². The Labute approximate surface area is 231 Å². The highest BCUT2D eigenvalue weighted by atomic mass is 79.9. The zero-order valence-corrected chi connectivity index (χ0v) is 23.3. The van der Waals surface area contributed by atoms with Gasteiger partial charge in [-0.3, -0.25) is 0 Å². The van der Waals surface area contributed by atoms with Crippen LogP contribution in [0, 0.1) is 0 Å². The van der Waals surface area contributed by atoms with Gasteiger partial charge in [0.1, 0.15) is 35.9 Å². The lowest BCUT2D eigenvalue weighted by atomic mass is 10.2. The van der Waals surface area contributed by atoms with Crippen LogP contribution >= 0.6 is 7.26 Å². The van der Waals surface area contributed by atoms with Crippen LogP contribution in [0.2, 0.25) is 0 Å². The largest absolute Gasteiger partial charge is 1.00 e. The van der Waals surface area contributed by atoms with E-state index in [1.165, 1.54) is 15.9 Å². The fourth-order valence-corrected chi connectivity index (χ4v) is 9.01. The predicted octanol–water partition coefficient (Wildman–Crippen LogP) is 3.77. The third kappa shape index (κ3) is 5.80. The number of methoxy groups -OCH3 is 1. The van der Waals surface area contributed by atoms with Gasteiger partial charge in [0.05, 0.1) is 7.11 Å². The van der Waals surface area contributed by atoms with Crippen LogP contribution in [-0.2, 0) is 12.8 Å². The Bertz CT molecular complexity index is 1280. The van der Waals surface area contributed by atoms with Gasteiger partial charge in [-0.1, -0.05) is 97.1 Å². The second-order valence-electron chi connectivity index (χ2n) is 8.70. The number of benzene rings is 5. The fraction of sp³-hybridized carbons (Fsp3) is 0.0909. The summed E-state index contributed by atoms with van der Waals surface area (Å²) in [5.74, 6) is 1.58. The molecule has 0 aromatic heterocycles. The van der Waals surface area contributed by atoms with Crippen molar-refractivity contribution in [1.29, 1.82) is 0 Å². The zero-order valence-electron chi connectivity index (χ0n) is 20.8. The van der Waals surface area contributed by atoms with Crippen molar-refractivity contribution in [1.82, 2.24) is 0 Å². The van der Waals surface area contributed by atoms with Crippen molar-refractivity contribution in [2.45, 2.75) is 12.8 Å². The molecule has 0 N–H and O–H groups in total. The molecular formula is C33H30BrO2P. The zero-order chi connectivity index (χ0) is 24.6. The highest BCUT2D eigenvalue weighted by molar-refractivity contribution is 7.95. The number of hydrogen-bond acceptors (Lipinski definition) is 2. The average molecular weight is 569 g/mol. The van der Waals surface area contributed by atoms with Crippen molar-refractivity contribution < 1.29 is 26.5 Å². The highest BCUT2D eigenvalue weighted by Gasteiger charge is 2.46. The minimum atomic E-state index is -2.06. The molecule has 0 amide bonds. The van der Waals surface area contributed by atoms with Crippen molar-refractivity contribution in [3.8, 4) is 11.5 Å². The van der Waals surface area contributed by atoms with Crippen LogP contribution in [0.25, 0.3) is 0 Å². The van der Waals surface area contributed by atoms with Crippen LogP contribution < -0.4 is 42.4 Å². The van der Waals surface area contributed by atoms with Crippen LogP contribution in [0.3, 0.4) is 0 Å². The molecule has 5 aromatic rings. The first-order valence-corrected chi connectivity index (χ1v) is 14.2. The van der Waals surface area contributed by atoms with E-state index in [0.717, 1.165) is 28.8 Å². The molecule has 0 aliphatic carbocycles. The van der Waals surface area contributed by atoms with Gasteiger partial charge in [0.2, 0.25) is 0 Å². The molecule has 0 saturated heterocycles. The highest BCUT2D eigenvalue weighted by Crippen LogP contribution is 2.59. The normalized spacial score (nSPS) is 10.8. The maximum Gasteiger partial charge on any atom is 0.168 e. The summed E-state index contributed by atoms with van der Waals surface area (Å²) in [5.41, 5.74) is 2.28. The smallest absolute Gasteiger partial charge is 0.168 e. The summed E-state index contributed by atoms with van der Waals surface area (Å²) in [5, 5.41) is 4.04. The molecule has 0 unspecified atom stereocenters. The van der Waals surface area contributed by atoms with Crippen LogP contribution in [0.15, 0.2) is 140 Å². The van der Waals surface area contributed by atoms with E-state index in [1.807, 2.05) is 24.3 Å². The Kier molecular flexibility index (Phi) is 9.17. The summed E-state index contributed by atoms with van der Waals surface area (Å²) < 4.78 is 12.3. The Morgan fingerprint density at radius 2 is 1.00 bits per heavy atom. The molecule has 0 saturated carbocycles. The predicted molar refractivity (Wildman–Crippen MR) is 153 cm³/mol. The second-order valence-corrected chi connectivity index (χ2v) is 12.2. The Balaban J connectivity index is 0.00000320. The van der Waals surface area contributed by atoms with Crippen molar-refractivity contribution in [2.24, 2.45) is 0 Å². The van der Waals surface area contributed by atoms with E-state index >= 15 is 0 Å². The van der Waals surface area contributed by atoms with Crippen molar-refractivity contribution in [2.75, 3.05) is 7.11 Å². The number of halogens is 1. The van der Waals surface area contributed by atoms with Crippen LogP contribution in [-0.4, -0.2) is 7.11 Å². The minimum Gasteiger partial charge on any atom is -1.00 e. The lowest BCUT2D eigenvalue weighted by Gasteiger charge is -2.28. The topological polar surface area (TPSA) is 18.5 Å². The summed E-state index contributed by atoms with van der Waals surface area (Å²) in [6, 6.07) is 49.3. The Morgan fingerprint density at radius 1 is 0.541 bits per heavy atom. The lowest BCUT2D eigenvalue weighted by Crippen LogP contribution is -3.00. The molecule has 0 atom stereocenters. The summed E-state index contributed by atoms with van der Waals surface area (Å²) in [4.78, 5) is 0. The van der Waals surface area contributed by atoms with Crippen molar-refractivity contribution in [3.63, 3.8) is 0 Å². The van der Waals surface area contributed by atoms with Gasteiger partial charge in [0, 0.05) is 5.56 Å². The van der Waals surface area contributed by atoms with E-state index in [9.17, 15) is 0 Å². The van der Waals surface area contributed by atoms with Gasteiger partial charge in [-0.2, -0.15) is 0 Å². The average Bonchev–Trinajstić information content (AvgIpc) is 2.97. The first kappa shape index (κ1) is 26.7. The van der Waals surface area contributed by atoms with Crippen LogP contribution in [0.4, 0.5) is 0 Å². The van der Waals surface area contributed by atoms with E-state index in [0.29, 0.717) is 6.61 Å². The summed E-state index contributed by atoms with van der Waals surface area (Å²) in [6.07, 6.45) is 0.826. The Hall–Kier alpha value is -3.39. The molecule has 5 aromatic carbocycles. The SMILES string of the molecule is COc1cccc(C[P+](c2ccccc2)(c2ccccc2)c2ccccc2)c1OCc1ccccc1.[Br-].